The second-order valence-corrected chi connectivity index (χ2v) is 5.25. The Hall–Kier alpha value is -0.940. The van der Waals surface area contributed by atoms with Crippen molar-refractivity contribution in [3.8, 4) is 0 Å². The fourth-order valence-corrected chi connectivity index (χ4v) is 2.48. The third-order valence-corrected chi connectivity index (χ3v) is 4.04. The Balaban J connectivity index is 2.72. The van der Waals surface area contributed by atoms with Crippen molar-refractivity contribution in [2.75, 3.05) is 13.1 Å². The monoisotopic (exact) mass is 270 g/mol. The number of amides is 1. The molecule has 1 N–H and O–H groups in total. The fraction of sp³-hybridized carbons (Fsp3) is 0.692. The van der Waals surface area contributed by atoms with E-state index in [0.717, 1.165) is 19.4 Å². The first-order valence-corrected chi connectivity index (χ1v) is 7.38. The molecule has 18 heavy (non-hydrogen) atoms. The highest BCUT2D eigenvalue weighted by Crippen LogP contribution is 2.15. The highest BCUT2D eigenvalue weighted by Gasteiger charge is 2.19. The van der Waals surface area contributed by atoms with Crippen molar-refractivity contribution in [1.82, 2.24) is 9.88 Å². The van der Waals surface area contributed by atoms with Crippen LogP contribution >= 0.6 is 11.3 Å². The number of thiazole rings is 1. The third kappa shape index (κ3) is 3.78. The van der Waals surface area contributed by atoms with Gasteiger partial charge in [-0.25, -0.2) is 4.98 Å². The Morgan fingerprint density at radius 1 is 1.44 bits per heavy atom. The van der Waals surface area contributed by atoms with Crippen LogP contribution in [0.3, 0.4) is 0 Å². The van der Waals surface area contributed by atoms with Crippen molar-refractivity contribution in [2.24, 2.45) is 5.92 Å². The number of rotatable bonds is 7. The summed E-state index contributed by atoms with van der Waals surface area (Å²) in [5.41, 5.74) is 0.455. The van der Waals surface area contributed by atoms with E-state index < -0.39 is 0 Å². The number of aromatic nitrogens is 1. The molecule has 0 aliphatic carbocycles. The summed E-state index contributed by atoms with van der Waals surface area (Å²) in [4.78, 5) is 18.2. The largest absolute Gasteiger partial charge is 0.389 e. The molecular weight excluding hydrogens is 248 g/mol. The minimum Gasteiger partial charge on any atom is -0.389 e. The lowest BCUT2D eigenvalue weighted by molar-refractivity contribution is 0.0729. The van der Waals surface area contributed by atoms with Gasteiger partial charge in [0.1, 0.15) is 10.7 Å². The standard InChI is InChI=1S/C13H22N2O2S/c1-4-10(5-2)7-15(6-3)13(17)11-9-18-12(8-16)14-11/h9-10,16H,4-8H2,1-3H3. The molecule has 102 valence electrons. The topological polar surface area (TPSA) is 53.4 Å². The van der Waals surface area contributed by atoms with Crippen LogP contribution in [-0.2, 0) is 6.61 Å². The normalized spacial score (nSPS) is 10.9. The van der Waals surface area contributed by atoms with Gasteiger partial charge in [-0.3, -0.25) is 4.79 Å². The zero-order chi connectivity index (χ0) is 13.5. The lowest BCUT2D eigenvalue weighted by Gasteiger charge is -2.24. The second-order valence-electron chi connectivity index (χ2n) is 4.31. The molecule has 1 amide bonds. The highest BCUT2D eigenvalue weighted by atomic mass is 32.1. The smallest absolute Gasteiger partial charge is 0.273 e. The van der Waals surface area contributed by atoms with E-state index in [1.54, 1.807) is 5.38 Å². The van der Waals surface area contributed by atoms with Crippen molar-refractivity contribution in [1.29, 1.82) is 0 Å². The van der Waals surface area contributed by atoms with Crippen LogP contribution in [0.15, 0.2) is 5.38 Å². The summed E-state index contributed by atoms with van der Waals surface area (Å²) in [5, 5.41) is 11.3. The van der Waals surface area contributed by atoms with Gasteiger partial charge in [0.2, 0.25) is 0 Å². The van der Waals surface area contributed by atoms with E-state index >= 15 is 0 Å². The van der Waals surface area contributed by atoms with Crippen LogP contribution in [0.2, 0.25) is 0 Å². The van der Waals surface area contributed by atoms with Gasteiger partial charge in [0.05, 0.1) is 6.61 Å². The molecule has 0 aromatic carbocycles. The van der Waals surface area contributed by atoms with Crippen LogP contribution in [0.4, 0.5) is 0 Å². The molecule has 0 bridgehead atoms. The summed E-state index contributed by atoms with van der Waals surface area (Å²) in [6.45, 7) is 7.67. The van der Waals surface area contributed by atoms with E-state index in [9.17, 15) is 4.79 Å². The first kappa shape index (κ1) is 15.1. The quantitative estimate of drug-likeness (QED) is 0.828. The summed E-state index contributed by atoms with van der Waals surface area (Å²) >= 11 is 1.33. The number of hydrogen-bond acceptors (Lipinski definition) is 4. The second kappa shape index (κ2) is 7.48. The maximum Gasteiger partial charge on any atom is 0.273 e. The van der Waals surface area contributed by atoms with Gasteiger partial charge < -0.3 is 10.0 Å². The van der Waals surface area contributed by atoms with E-state index in [-0.39, 0.29) is 12.5 Å². The molecule has 1 aromatic heterocycles. The van der Waals surface area contributed by atoms with E-state index in [4.69, 9.17) is 5.11 Å². The lowest BCUT2D eigenvalue weighted by Crippen LogP contribution is -2.35. The maximum absolute atomic E-state index is 12.3. The molecular formula is C13H22N2O2S. The van der Waals surface area contributed by atoms with E-state index in [1.165, 1.54) is 11.3 Å². The SMILES string of the molecule is CCC(CC)CN(CC)C(=O)c1csc(CO)n1. The van der Waals surface area contributed by atoms with Crippen LogP contribution in [-0.4, -0.2) is 34.0 Å². The molecule has 0 aliphatic rings. The van der Waals surface area contributed by atoms with Crippen molar-refractivity contribution in [3.63, 3.8) is 0 Å². The van der Waals surface area contributed by atoms with Crippen molar-refractivity contribution >= 4 is 17.2 Å². The van der Waals surface area contributed by atoms with E-state index in [1.807, 2.05) is 11.8 Å². The van der Waals surface area contributed by atoms with E-state index in [0.29, 0.717) is 23.2 Å². The van der Waals surface area contributed by atoms with Crippen LogP contribution in [0.1, 0.15) is 49.1 Å². The summed E-state index contributed by atoms with van der Waals surface area (Å²) in [5.74, 6) is 0.519. The summed E-state index contributed by atoms with van der Waals surface area (Å²) in [7, 11) is 0. The average molecular weight is 270 g/mol. The minimum absolute atomic E-state index is 0.0275. The van der Waals surface area contributed by atoms with Gasteiger partial charge in [0.25, 0.3) is 5.91 Å². The number of nitrogens with zero attached hydrogens (tertiary/aromatic N) is 2. The highest BCUT2D eigenvalue weighted by molar-refractivity contribution is 7.09. The Morgan fingerprint density at radius 3 is 2.56 bits per heavy atom. The van der Waals surface area contributed by atoms with Gasteiger partial charge in [-0.15, -0.1) is 11.3 Å². The predicted octanol–water partition coefficient (Wildman–Crippen LogP) is 2.53. The molecule has 0 unspecified atom stereocenters. The molecule has 0 saturated carbocycles. The van der Waals surface area contributed by atoms with Gasteiger partial charge >= 0.3 is 0 Å². The number of aliphatic hydroxyl groups is 1. The minimum atomic E-state index is -0.101. The van der Waals surface area contributed by atoms with Crippen molar-refractivity contribution < 1.29 is 9.90 Å². The molecule has 0 radical (unpaired) electrons. The van der Waals surface area contributed by atoms with Gasteiger partial charge in [0, 0.05) is 18.5 Å². The number of hydrogen-bond donors (Lipinski definition) is 1. The molecule has 0 fully saturated rings. The molecule has 0 atom stereocenters. The zero-order valence-electron chi connectivity index (χ0n) is 11.3. The first-order valence-electron chi connectivity index (χ1n) is 6.50. The molecule has 5 heteroatoms. The predicted molar refractivity (Wildman–Crippen MR) is 73.7 cm³/mol. The summed E-state index contributed by atoms with van der Waals surface area (Å²) in [6, 6.07) is 0. The third-order valence-electron chi connectivity index (χ3n) is 3.21. The summed E-state index contributed by atoms with van der Waals surface area (Å²) in [6.07, 6.45) is 2.17. The number of aliphatic hydroxyl groups excluding tert-OH is 1. The first-order chi connectivity index (χ1) is 8.65. The Kier molecular flexibility index (Phi) is 6.29. The molecule has 1 heterocycles. The number of carbonyl (C=O) groups is 1. The number of carbonyl (C=O) groups excluding carboxylic acids is 1. The Labute approximate surface area is 113 Å². The van der Waals surface area contributed by atoms with Crippen LogP contribution < -0.4 is 0 Å². The molecule has 4 nitrogen and oxygen atoms in total. The van der Waals surface area contributed by atoms with Gasteiger partial charge in [-0.05, 0) is 12.8 Å². The molecule has 0 aliphatic heterocycles. The molecule has 1 aromatic rings. The van der Waals surface area contributed by atoms with E-state index in [2.05, 4.69) is 18.8 Å². The average Bonchev–Trinajstić information content (AvgIpc) is 2.88. The Bertz CT molecular complexity index is 375. The van der Waals surface area contributed by atoms with Gasteiger partial charge in [-0.1, -0.05) is 26.7 Å². The van der Waals surface area contributed by atoms with Crippen LogP contribution in [0.25, 0.3) is 0 Å². The van der Waals surface area contributed by atoms with Gasteiger partial charge in [0.15, 0.2) is 0 Å². The van der Waals surface area contributed by atoms with Gasteiger partial charge in [-0.2, -0.15) is 0 Å². The van der Waals surface area contributed by atoms with Crippen LogP contribution in [0.5, 0.6) is 0 Å². The zero-order valence-corrected chi connectivity index (χ0v) is 12.2. The van der Waals surface area contributed by atoms with Crippen LogP contribution in [0, 0.1) is 5.92 Å². The lowest BCUT2D eigenvalue weighted by atomic mass is 10.0. The van der Waals surface area contributed by atoms with Crippen molar-refractivity contribution in [3.05, 3.63) is 16.1 Å². The summed E-state index contributed by atoms with van der Waals surface area (Å²) < 4.78 is 0. The van der Waals surface area contributed by atoms with Crippen molar-refractivity contribution in [2.45, 2.75) is 40.2 Å². The molecule has 1 rings (SSSR count). The maximum atomic E-state index is 12.3. The Morgan fingerprint density at radius 2 is 2.11 bits per heavy atom. The fourth-order valence-electron chi connectivity index (χ4n) is 1.86. The molecule has 0 spiro atoms. The molecule has 0 saturated heterocycles.